The Bertz CT molecular complexity index is 768. The molecule has 25 heavy (non-hydrogen) atoms. The number of hydrogen-bond acceptors (Lipinski definition) is 4. The van der Waals surface area contributed by atoms with E-state index in [0.29, 0.717) is 17.6 Å². The van der Waals surface area contributed by atoms with Crippen molar-refractivity contribution in [1.29, 1.82) is 0 Å². The van der Waals surface area contributed by atoms with E-state index in [1.807, 2.05) is 0 Å². The van der Waals surface area contributed by atoms with Gasteiger partial charge in [0.05, 0.1) is 0 Å². The minimum absolute atomic E-state index is 0.0868. The van der Waals surface area contributed by atoms with E-state index in [9.17, 15) is 13.6 Å². The Hall–Kier alpha value is -2.57. The number of aryl methyl sites for hydroxylation is 1. The van der Waals surface area contributed by atoms with E-state index in [4.69, 9.17) is 0 Å². The molecule has 1 aromatic heterocycles. The highest BCUT2D eigenvalue weighted by Gasteiger charge is 2.20. The summed E-state index contributed by atoms with van der Waals surface area (Å²) >= 11 is 0. The molecule has 0 spiro atoms. The van der Waals surface area contributed by atoms with Crippen LogP contribution >= 0.6 is 0 Å². The standard InChI is InChI=1S/C18H20F2N4O/c1-11-6-8-24(9-7-11)16-10-15(21-12(2)22-16)18(25)23-17-13(19)4-3-5-14(17)20/h3-5,10-11H,6-9H2,1-2H3,(H,23,25). The Morgan fingerprint density at radius 2 is 1.84 bits per heavy atom. The molecule has 2 heterocycles. The molecule has 7 heteroatoms. The Morgan fingerprint density at radius 3 is 2.48 bits per heavy atom. The molecule has 2 aromatic rings. The molecule has 1 amide bonds. The Morgan fingerprint density at radius 1 is 1.20 bits per heavy atom. The number of hydrogen-bond donors (Lipinski definition) is 1. The number of para-hydroxylation sites is 1. The van der Waals surface area contributed by atoms with Crippen molar-refractivity contribution in [3.8, 4) is 0 Å². The number of amides is 1. The Kier molecular flexibility index (Phi) is 4.92. The van der Waals surface area contributed by atoms with Gasteiger partial charge in [-0.2, -0.15) is 0 Å². The van der Waals surface area contributed by atoms with Gasteiger partial charge in [0.15, 0.2) is 0 Å². The van der Waals surface area contributed by atoms with E-state index >= 15 is 0 Å². The summed E-state index contributed by atoms with van der Waals surface area (Å²) in [5.41, 5.74) is -0.388. The lowest BCUT2D eigenvalue weighted by molar-refractivity contribution is 0.102. The van der Waals surface area contributed by atoms with Crippen molar-refractivity contribution < 1.29 is 13.6 Å². The van der Waals surface area contributed by atoms with Crippen molar-refractivity contribution in [3.05, 3.63) is 47.4 Å². The molecule has 0 atom stereocenters. The molecule has 1 N–H and O–H groups in total. The fourth-order valence-corrected chi connectivity index (χ4v) is 2.86. The molecule has 1 aromatic carbocycles. The first kappa shape index (κ1) is 17.3. The SMILES string of the molecule is Cc1nc(C(=O)Nc2c(F)cccc2F)cc(N2CCC(C)CC2)n1. The van der Waals surface area contributed by atoms with Crippen LogP contribution in [0.15, 0.2) is 24.3 Å². The van der Waals surface area contributed by atoms with Crippen LogP contribution in [0.1, 0.15) is 36.1 Å². The first-order valence-corrected chi connectivity index (χ1v) is 8.30. The molecule has 0 bridgehead atoms. The molecule has 5 nitrogen and oxygen atoms in total. The van der Waals surface area contributed by atoms with Gasteiger partial charge in [-0.1, -0.05) is 13.0 Å². The van der Waals surface area contributed by atoms with Gasteiger partial charge in [0.1, 0.15) is 34.7 Å². The number of nitrogens with zero attached hydrogens (tertiary/aromatic N) is 3. The van der Waals surface area contributed by atoms with E-state index in [-0.39, 0.29) is 5.69 Å². The van der Waals surface area contributed by atoms with Crippen LogP contribution in [-0.2, 0) is 0 Å². The zero-order valence-corrected chi connectivity index (χ0v) is 14.2. The number of carbonyl (C=O) groups excluding carboxylic acids is 1. The highest BCUT2D eigenvalue weighted by Crippen LogP contribution is 2.23. The summed E-state index contributed by atoms with van der Waals surface area (Å²) in [5.74, 6) is -0.547. The van der Waals surface area contributed by atoms with Gasteiger partial charge >= 0.3 is 0 Å². The quantitative estimate of drug-likeness (QED) is 0.923. The molecule has 132 valence electrons. The summed E-state index contributed by atoms with van der Waals surface area (Å²) in [6.45, 7) is 5.63. The van der Waals surface area contributed by atoms with Gasteiger partial charge in [0.25, 0.3) is 5.91 Å². The highest BCUT2D eigenvalue weighted by atomic mass is 19.1. The molecule has 3 rings (SSSR count). The van der Waals surface area contributed by atoms with Crippen molar-refractivity contribution in [1.82, 2.24) is 9.97 Å². The van der Waals surface area contributed by atoms with Gasteiger partial charge < -0.3 is 10.2 Å². The van der Waals surface area contributed by atoms with Gasteiger partial charge in [-0.3, -0.25) is 4.79 Å². The van der Waals surface area contributed by atoms with E-state index in [1.54, 1.807) is 13.0 Å². The molecule has 0 saturated carbocycles. The van der Waals surface area contributed by atoms with Crippen LogP contribution < -0.4 is 10.2 Å². The maximum Gasteiger partial charge on any atom is 0.274 e. The van der Waals surface area contributed by atoms with E-state index < -0.39 is 23.2 Å². The Labute approximate surface area is 145 Å². The second-order valence-corrected chi connectivity index (χ2v) is 6.38. The van der Waals surface area contributed by atoms with Crippen LogP contribution in [0, 0.1) is 24.5 Å². The minimum Gasteiger partial charge on any atom is -0.356 e. The lowest BCUT2D eigenvalue weighted by Gasteiger charge is -2.31. The number of piperidine rings is 1. The van der Waals surface area contributed by atoms with Crippen LogP contribution in [0.4, 0.5) is 20.3 Å². The molecule has 0 radical (unpaired) electrons. The predicted molar refractivity (Wildman–Crippen MR) is 91.7 cm³/mol. The molecule has 0 unspecified atom stereocenters. The summed E-state index contributed by atoms with van der Waals surface area (Å²) in [6, 6.07) is 4.98. The van der Waals surface area contributed by atoms with Crippen molar-refractivity contribution in [2.75, 3.05) is 23.3 Å². The molecular weight excluding hydrogens is 326 g/mol. The average Bonchev–Trinajstić information content (AvgIpc) is 2.58. The maximum atomic E-state index is 13.7. The fraction of sp³-hybridized carbons (Fsp3) is 0.389. The average molecular weight is 346 g/mol. The number of aromatic nitrogens is 2. The summed E-state index contributed by atoms with van der Waals surface area (Å²) in [5, 5.41) is 2.26. The van der Waals surface area contributed by atoms with Gasteiger partial charge in [0, 0.05) is 19.2 Å². The van der Waals surface area contributed by atoms with E-state index in [0.717, 1.165) is 38.1 Å². The van der Waals surface area contributed by atoms with Crippen LogP contribution in [0.25, 0.3) is 0 Å². The summed E-state index contributed by atoms with van der Waals surface area (Å²) < 4.78 is 27.4. The molecule has 1 aliphatic heterocycles. The number of halogens is 2. The fourth-order valence-electron chi connectivity index (χ4n) is 2.86. The zero-order valence-electron chi connectivity index (χ0n) is 14.2. The van der Waals surface area contributed by atoms with Crippen LogP contribution in [-0.4, -0.2) is 29.0 Å². The molecule has 0 aliphatic carbocycles. The third-order valence-corrected chi connectivity index (χ3v) is 4.37. The van der Waals surface area contributed by atoms with Gasteiger partial charge in [-0.15, -0.1) is 0 Å². The summed E-state index contributed by atoms with van der Waals surface area (Å²) in [6.07, 6.45) is 2.12. The monoisotopic (exact) mass is 346 g/mol. The molecule has 1 aliphatic rings. The van der Waals surface area contributed by atoms with Gasteiger partial charge in [0.2, 0.25) is 0 Å². The second kappa shape index (κ2) is 7.13. The normalized spacial score (nSPS) is 15.3. The lowest BCUT2D eigenvalue weighted by Crippen LogP contribution is -2.34. The first-order valence-electron chi connectivity index (χ1n) is 8.30. The molecule has 1 saturated heterocycles. The third kappa shape index (κ3) is 3.92. The van der Waals surface area contributed by atoms with Crippen molar-refractivity contribution in [2.45, 2.75) is 26.7 Å². The number of benzene rings is 1. The first-order chi connectivity index (χ1) is 11.9. The summed E-state index contributed by atoms with van der Waals surface area (Å²) in [4.78, 5) is 23.0. The van der Waals surface area contributed by atoms with Crippen molar-refractivity contribution >= 4 is 17.4 Å². The number of nitrogens with one attached hydrogen (secondary N) is 1. The van der Waals surface area contributed by atoms with E-state index in [2.05, 4.69) is 27.1 Å². The smallest absolute Gasteiger partial charge is 0.274 e. The van der Waals surface area contributed by atoms with Gasteiger partial charge in [-0.25, -0.2) is 18.7 Å². The van der Waals surface area contributed by atoms with E-state index in [1.165, 1.54) is 6.07 Å². The van der Waals surface area contributed by atoms with Crippen LogP contribution in [0.2, 0.25) is 0 Å². The maximum absolute atomic E-state index is 13.7. The minimum atomic E-state index is -0.829. The lowest BCUT2D eigenvalue weighted by atomic mass is 9.99. The molecule has 1 fully saturated rings. The summed E-state index contributed by atoms with van der Waals surface area (Å²) in [7, 11) is 0. The van der Waals surface area contributed by atoms with Crippen LogP contribution in [0.3, 0.4) is 0 Å². The van der Waals surface area contributed by atoms with Crippen LogP contribution in [0.5, 0.6) is 0 Å². The largest absolute Gasteiger partial charge is 0.356 e. The van der Waals surface area contributed by atoms with Gasteiger partial charge in [-0.05, 0) is 37.8 Å². The predicted octanol–water partition coefficient (Wildman–Crippen LogP) is 3.55. The second-order valence-electron chi connectivity index (χ2n) is 6.38. The number of rotatable bonds is 3. The molecular formula is C18H20F2N4O. The van der Waals surface area contributed by atoms with Crippen molar-refractivity contribution in [3.63, 3.8) is 0 Å². The highest BCUT2D eigenvalue weighted by molar-refractivity contribution is 6.03. The number of carbonyl (C=O) groups is 1. The zero-order chi connectivity index (χ0) is 18.0. The topological polar surface area (TPSA) is 58.1 Å². The third-order valence-electron chi connectivity index (χ3n) is 4.37. The number of anilines is 2. The van der Waals surface area contributed by atoms with Crippen molar-refractivity contribution in [2.24, 2.45) is 5.92 Å². The Balaban J connectivity index is 1.83.